The number of hydrogen-bond donors (Lipinski definition) is 2. The number of rotatable bonds is 5. The molecule has 0 aliphatic rings. The van der Waals surface area contributed by atoms with E-state index < -0.39 is 0 Å². The summed E-state index contributed by atoms with van der Waals surface area (Å²) in [5, 5.41) is 3.34. The molecule has 1 unspecified atom stereocenters. The maximum Gasteiger partial charge on any atom is 0.262 e. The van der Waals surface area contributed by atoms with Crippen molar-refractivity contribution in [3.63, 3.8) is 0 Å². The van der Waals surface area contributed by atoms with Crippen LogP contribution in [0.2, 0.25) is 5.02 Å². The molecule has 0 aliphatic heterocycles. The number of nitrogens with two attached hydrogens (primary N) is 1. The summed E-state index contributed by atoms with van der Waals surface area (Å²) in [6, 6.07) is 14.2. The number of halogens is 1. The van der Waals surface area contributed by atoms with Crippen molar-refractivity contribution < 1.29 is 9.53 Å². The summed E-state index contributed by atoms with van der Waals surface area (Å²) in [5.41, 5.74) is 7.38. The van der Waals surface area contributed by atoms with Gasteiger partial charge in [0.2, 0.25) is 0 Å². The summed E-state index contributed by atoms with van der Waals surface area (Å²) in [4.78, 5) is 11.8. The van der Waals surface area contributed by atoms with Crippen LogP contribution in [0.3, 0.4) is 0 Å². The first-order valence-corrected chi connectivity index (χ1v) is 6.97. The molecule has 0 fully saturated rings. The topological polar surface area (TPSA) is 64.3 Å². The molecule has 21 heavy (non-hydrogen) atoms. The van der Waals surface area contributed by atoms with Crippen molar-refractivity contribution in [2.24, 2.45) is 5.73 Å². The Morgan fingerprint density at radius 1 is 1.29 bits per heavy atom. The molecule has 2 aromatic rings. The molecule has 0 aromatic heterocycles. The van der Waals surface area contributed by atoms with Crippen LogP contribution in [0.25, 0.3) is 0 Å². The fraction of sp³-hybridized carbons (Fsp3) is 0.188. The van der Waals surface area contributed by atoms with Gasteiger partial charge in [0.05, 0.1) is 0 Å². The van der Waals surface area contributed by atoms with Crippen LogP contribution in [-0.2, 0) is 4.79 Å². The van der Waals surface area contributed by atoms with Crippen molar-refractivity contribution in [1.82, 2.24) is 0 Å². The van der Waals surface area contributed by atoms with Gasteiger partial charge in [-0.25, -0.2) is 0 Å². The van der Waals surface area contributed by atoms with Crippen molar-refractivity contribution in [2.75, 3.05) is 11.9 Å². The van der Waals surface area contributed by atoms with Crippen LogP contribution in [0.5, 0.6) is 5.75 Å². The first-order valence-electron chi connectivity index (χ1n) is 6.59. The van der Waals surface area contributed by atoms with E-state index in [9.17, 15) is 4.79 Å². The van der Waals surface area contributed by atoms with Crippen LogP contribution in [-0.4, -0.2) is 12.5 Å². The summed E-state index contributed by atoms with van der Waals surface area (Å²) < 4.78 is 5.54. The largest absolute Gasteiger partial charge is 0.483 e. The van der Waals surface area contributed by atoms with Gasteiger partial charge in [0, 0.05) is 22.3 Å². The Morgan fingerprint density at radius 2 is 2.00 bits per heavy atom. The lowest BCUT2D eigenvalue weighted by atomic mass is 10.1. The Bertz CT molecular complexity index is 615. The quantitative estimate of drug-likeness (QED) is 0.890. The second-order valence-electron chi connectivity index (χ2n) is 4.67. The zero-order chi connectivity index (χ0) is 15.2. The maximum atomic E-state index is 11.8. The number of carbonyl (C=O) groups is 1. The molecular weight excluding hydrogens is 288 g/mol. The minimum absolute atomic E-state index is 0.0871. The highest BCUT2D eigenvalue weighted by atomic mass is 35.5. The molecule has 0 heterocycles. The van der Waals surface area contributed by atoms with Crippen molar-refractivity contribution in [3.05, 3.63) is 59.1 Å². The lowest BCUT2D eigenvalue weighted by Gasteiger charge is -2.14. The van der Waals surface area contributed by atoms with E-state index >= 15 is 0 Å². The minimum atomic E-state index is -0.230. The number of ether oxygens (including phenoxy) is 1. The predicted molar refractivity (Wildman–Crippen MR) is 84.6 cm³/mol. The van der Waals surface area contributed by atoms with E-state index in [4.69, 9.17) is 22.1 Å². The van der Waals surface area contributed by atoms with Gasteiger partial charge < -0.3 is 15.8 Å². The molecule has 0 spiro atoms. The molecule has 1 amide bonds. The lowest BCUT2D eigenvalue weighted by molar-refractivity contribution is -0.118. The van der Waals surface area contributed by atoms with Gasteiger partial charge in [-0.1, -0.05) is 29.8 Å². The van der Waals surface area contributed by atoms with Gasteiger partial charge in [-0.05, 0) is 37.3 Å². The summed E-state index contributed by atoms with van der Waals surface area (Å²) in [7, 11) is 0. The second-order valence-corrected chi connectivity index (χ2v) is 5.11. The first kappa shape index (κ1) is 15.4. The number of para-hydroxylation sites is 1. The molecule has 4 nitrogen and oxygen atoms in total. The summed E-state index contributed by atoms with van der Waals surface area (Å²) >= 11 is 5.94. The highest BCUT2D eigenvalue weighted by molar-refractivity contribution is 6.30. The summed E-state index contributed by atoms with van der Waals surface area (Å²) in [6.07, 6.45) is 0. The molecule has 0 bridgehead atoms. The van der Waals surface area contributed by atoms with E-state index in [1.807, 2.05) is 37.3 Å². The first-order chi connectivity index (χ1) is 10.1. The Kier molecular flexibility index (Phi) is 5.20. The third-order valence-corrected chi connectivity index (χ3v) is 3.11. The van der Waals surface area contributed by atoms with Crippen LogP contribution < -0.4 is 15.8 Å². The molecule has 0 saturated carbocycles. The number of anilines is 1. The van der Waals surface area contributed by atoms with E-state index in [1.165, 1.54) is 0 Å². The van der Waals surface area contributed by atoms with Gasteiger partial charge in [-0.15, -0.1) is 0 Å². The van der Waals surface area contributed by atoms with Gasteiger partial charge in [0.1, 0.15) is 5.75 Å². The number of amides is 1. The van der Waals surface area contributed by atoms with Gasteiger partial charge in [-0.2, -0.15) is 0 Å². The van der Waals surface area contributed by atoms with Crippen molar-refractivity contribution in [2.45, 2.75) is 13.0 Å². The number of nitrogens with one attached hydrogen (secondary N) is 1. The molecule has 2 aromatic carbocycles. The highest BCUT2D eigenvalue weighted by Crippen LogP contribution is 2.27. The molecule has 110 valence electrons. The van der Waals surface area contributed by atoms with Crippen LogP contribution in [0, 0.1) is 0 Å². The molecular formula is C16H17ClN2O2. The number of benzene rings is 2. The zero-order valence-electron chi connectivity index (χ0n) is 11.7. The minimum Gasteiger partial charge on any atom is -0.483 e. The van der Waals surface area contributed by atoms with E-state index in [-0.39, 0.29) is 18.6 Å². The zero-order valence-corrected chi connectivity index (χ0v) is 12.4. The number of hydrogen-bond acceptors (Lipinski definition) is 3. The SMILES string of the molecule is CC(N)c1cc(Cl)ccc1OCC(=O)Nc1ccccc1. The van der Waals surface area contributed by atoms with Crippen LogP contribution in [0.1, 0.15) is 18.5 Å². The predicted octanol–water partition coefficient (Wildman–Crippen LogP) is 3.38. The third-order valence-electron chi connectivity index (χ3n) is 2.88. The molecule has 3 N–H and O–H groups in total. The van der Waals surface area contributed by atoms with E-state index in [0.717, 1.165) is 11.3 Å². The summed E-state index contributed by atoms with van der Waals surface area (Å²) in [6.45, 7) is 1.75. The Hall–Kier alpha value is -2.04. The molecule has 2 rings (SSSR count). The van der Waals surface area contributed by atoms with Crippen LogP contribution >= 0.6 is 11.6 Å². The highest BCUT2D eigenvalue weighted by Gasteiger charge is 2.11. The third kappa shape index (κ3) is 4.48. The van der Waals surface area contributed by atoms with Crippen molar-refractivity contribution >= 4 is 23.2 Å². The number of carbonyl (C=O) groups excluding carboxylic acids is 1. The molecule has 1 atom stereocenters. The van der Waals surface area contributed by atoms with Crippen LogP contribution in [0.4, 0.5) is 5.69 Å². The molecule has 0 radical (unpaired) electrons. The van der Waals surface area contributed by atoms with Crippen LogP contribution in [0.15, 0.2) is 48.5 Å². The van der Waals surface area contributed by atoms with Gasteiger partial charge in [-0.3, -0.25) is 4.79 Å². The van der Waals surface area contributed by atoms with E-state index in [2.05, 4.69) is 5.32 Å². The second kappa shape index (κ2) is 7.11. The van der Waals surface area contributed by atoms with E-state index in [1.54, 1.807) is 18.2 Å². The smallest absolute Gasteiger partial charge is 0.262 e. The Morgan fingerprint density at radius 3 is 2.67 bits per heavy atom. The van der Waals surface area contributed by atoms with Gasteiger partial charge in [0.25, 0.3) is 5.91 Å². The van der Waals surface area contributed by atoms with Crippen molar-refractivity contribution in [1.29, 1.82) is 0 Å². The fourth-order valence-electron chi connectivity index (χ4n) is 1.87. The normalized spacial score (nSPS) is 11.8. The van der Waals surface area contributed by atoms with Gasteiger partial charge >= 0.3 is 0 Å². The fourth-order valence-corrected chi connectivity index (χ4v) is 2.05. The average Bonchev–Trinajstić information content (AvgIpc) is 2.47. The maximum absolute atomic E-state index is 11.8. The van der Waals surface area contributed by atoms with Gasteiger partial charge in [0.15, 0.2) is 6.61 Å². The summed E-state index contributed by atoms with van der Waals surface area (Å²) in [5.74, 6) is 0.337. The van der Waals surface area contributed by atoms with Crippen molar-refractivity contribution in [3.8, 4) is 5.75 Å². The monoisotopic (exact) mass is 304 g/mol. The Balaban J connectivity index is 1.98. The average molecular weight is 305 g/mol. The standard InChI is InChI=1S/C16H17ClN2O2/c1-11(18)14-9-12(17)7-8-15(14)21-10-16(20)19-13-5-3-2-4-6-13/h2-9,11H,10,18H2,1H3,(H,19,20). The molecule has 0 saturated heterocycles. The molecule has 0 aliphatic carbocycles. The molecule has 5 heteroatoms. The Labute approximate surface area is 128 Å². The lowest BCUT2D eigenvalue weighted by Crippen LogP contribution is -2.21. The van der Waals surface area contributed by atoms with E-state index in [0.29, 0.717) is 10.8 Å².